The van der Waals surface area contributed by atoms with E-state index in [1.165, 1.54) is 18.6 Å². The number of carboxylic acids is 1. The van der Waals surface area contributed by atoms with Crippen LogP contribution < -0.4 is 10.6 Å². The van der Waals surface area contributed by atoms with E-state index >= 15 is 0 Å². The molecule has 1 aromatic carbocycles. The van der Waals surface area contributed by atoms with E-state index in [9.17, 15) is 14.4 Å². The molecule has 6 nitrogen and oxygen atoms in total. The maximum atomic E-state index is 11.7. The summed E-state index contributed by atoms with van der Waals surface area (Å²) in [5.74, 6) is -2.77. The van der Waals surface area contributed by atoms with Gasteiger partial charge in [-0.3, -0.25) is 9.59 Å². The van der Waals surface area contributed by atoms with Crippen LogP contribution in [0.15, 0.2) is 24.3 Å². The van der Waals surface area contributed by atoms with Gasteiger partial charge in [0.15, 0.2) is 0 Å². The Hall–Kier alpha value is -2.37. The Labute approximate surface area is 129 Å². The van der Waals surface area contributed by atoms with E-state index in [-0.39, 0.29) is 11.3 Å². The number of aromatic carboxylic acids is 1. The van der Waals surface area contributed by atoms with Gasteiger partial charge in [0, 0.05) is 6.54 Å². The summed E-state index contributed by atoms with van der Waals surface area (Å²) >= 11 is 0. The van der Waals surface area contributed by atoms with E-state index in [2.05, 4.69) is 17.6 Å². The molecular weight excluding hydrogens is 284 g/mol. The summed E-state index contributed by atoms with van der Waals surface area (Å²) in [7, 11) is 0. The second-order valence-electron chi connectivity index (χ2n) is 4.97. The number of para-hydroxylation sites is 1. The minimum Gasteiger partial charge on any atom is -0.478 e. The lowest BCUT2D eigenvalue weighted by Crippen LogP contribution is -2.36. The molecule has 0 atom stereocenters. The van der Waals surface area contributed by atoms with Gasteiger partial charge in [-0.05, 0) is 18.6 Å². The Balaban J connectivity index is 2.42. The molecular formula is C16H22N2O4. The molecule has 0 saturated heterocycles. The molecule has 2 amide bonds. The first-order chi connectivity index (χ1) is 10.6. The fraction of sp³-hybridized carbons (Fsp3) is 0.438. The molecule has 0 radical (unpaired) electrons. The number of hydrogen-bond donors (Lipinski definition) is 3. The Morgan fingerprint density at radius 1 is 1.00 bits per heavy atom. The quantitative estimate of drug-likeness (QED) is 0.507. The number of benzene rings is 1. The fourth-order valence-corrected chi connectivity index (χ4v) is 1.97. The van der Waals surface area contributed by atoms with Gasteiger partial charge < -0.3 is 15.7 Å². The Bertz CT molecular complexity index is 529. The standard InChI is InChI=1S/C16H22N2O4/c1-2-3-4-5-8-11-17-14(19)15(20)18-13-10-7-6-9-12(13)16(21)22/h6-7,9-10H,2-5,8,11H2,1H3,(H,17,19)(H,18,20)(H,21,22). The lowest BCUT2D eigenvalue weighted by Gasteiger charge is -2.08. The average molecular weight is 306 g/mol. The van der Waals surface area contributed by atoms with E-state index in [1.807, 2.05) is 0 Å². The summed E-state index contributed by atoms with van der Waals surface area (Å²) in [4.78, 5) is 34.4. The Morgan fingerprint density at radius 2 is 1.68 bits per heavy atom. The molecule has 0 aliphatic carbocycles. The first-order valence-electron chi connectivity index (χ1n) is 7.47. The molecule has 22 heavy (non-hydrogen) atoms. The number of carbonyl (C=O) groups excluding carboxylic acids is 2. The molecule has 0 unspecified atom stereocenters. The number of hydrogen-bond acceptors (Lipinski definition) is 3. The number of rotatable bonds is 8. The van der Waals surface area contributed by atoms with Gasteiger partial charge in [0.1, 0.15) is 0 Å². The van der Waals surface area contributed by atoms with Crippen molar-refractivity contribution in [3.8, 4) is 0 Å². The predicted octanol–water partition coefficient (Wildman–Crippen LogP) is 2.41. The van der Waals surface area contributed by atoms with E-state index in [1.54, 1.807) is 12.1 Å². The number of nitrogens with one attached hydrogen (secondary N) is 2. The third kappa shape index (κ3) is 5.95. The van der Waals surface area contributed by atoms with Crippen molar-refractivity contribution in [2.75, 3.05) is 11.9 Å². The van der Waals surface area contributed by atoms with Crippen molar-refractivity contribution in [2.45, 2.75) is 39.0 Å². The topological polar surface area (TPSA) is 95.5 Å². The first-order valence-corrected chi connectivity index (χ1v) is 7.47. The summed E-state index contributed by atoms with van der Waals surface area (Å²) in [5.41, 5.74) is 0.0568. The van der Waals surface area contributed by atoms with E-state index < -0.39 is 17.8 Å². The number of unbranched alkanes of at least 4 members (excludes halogenated alkanes) is 4. The van der Waals surface area contributed by atoms with Gasteiger partial charge in [-0.15, -0.1) is 0 Å². The van der Waals surface area contributed by atoms with Crippen LogP contribution in [-0.4, -0.2) is 29.4 Å². The zero-order valence-electron chi connectivity index (χ0n) is 12.7. The minimum absolute atomic E-state index is 0.0526. The van der Waals surface area contributed by atoms with Crippen LogP contribution in [0.1, 0.15) is 49.4 Å². The van der Waals surface area contributed by atoms with Crippen LogP contribution in [-0.2, 0) is 9.59 Å². The third-order valence-electron chi connectivity index (χ3n) is 3.18. The molecule has 0 saturated carbocycles. The van der Waals surface area contributed by atoms with E-state index in [4.69, 9.17) is 5.11 Å². The normalized spacial score (nSPS) is 10.0. The number of carbonyl (C=O) groups is 3. The summed E-state index contributed by atoms with van der Waals surface area (Å²) < 4.78 is 0. The Morgan fingerprint density at radius 3 is 2.36 bits per heavy atom. The number of anilines is 1. The zero-order chi connectivity index (χ0) is 16.4. The van der Waals surface area contributed by atoms with E-state index in [0.717, 1.165) is 25.7 Å². The van der Waals surface area contributed by atoms with Crippen LogP contribution >= 0.6 is 0 Å². The second kappa shape index (κ2) is 9.55. The van der Waals surface area contributed by atoms with Crippen LogP contribution in [0.3, 0.4) is 0 Å². The van der Waals surface area contributed by atoms with Crippen LogP contribution in [0.2, 0.25) is 0 Å². The maximum absolute atomic E-state index is 11.7. The molecule has 0 spiro atoms. The first kappa shape index (κ1) is 17.7. The SMILES string of the molecule is CCCCCCCNC(=O)C(=O)Nc1ccccc1C(=O)O. The van der Waals surface area contributed by atoms with Gasteiger partial charge >= 0.3 is 17.8 Å². The van der Waals surface area contributed by atoms with E-state index in [0.29, 0.717) is 6.54 Å². The van der Waals surface area contributed by atoms with Crippen molar-refractivity contribution in [2.24, 2.45) is 0 Å². The van der Waals surface area contributed by atoms with Gasteiger partial charge in [-0.2, -0.15) is 0 Å². The summed E-state index contributed by atoms with van der Waals surface area (Å²) in [6.45, 7) is 2.57. The highest BCUT2D eigenvalue weighted by Crippen LogP contribution is 2.14. The van der Waals surface area contributed by atoms with Gasteiger partial charge in [0.25, 0.3) is 0 Å². The molecule has 0 aromatic heterocycles. The smallest absolute Gasteiger partial charge is 0.337 e. The van der Waals surface area contributed by atoms with Gasteiger partial charge in [-0.1, -0.05) is 44.7 Å². The lowest BCUT2D eigenvalue weighted by atomic mass is 10.1. The molecule has 120 valence electrons. The highest BCUT2D eigenvalue weighted by atomic mass is 16.4. The molecule has 0 heterocycles. The van der Waals surface area contributed by atoms with Gasteiger partial charge in [0.2, 0.25) is 0 Å². The molecule has 1 aromatic rings. The molecule has 3 N–H and O–H groups in total. The third-order valence-corrected chi connectivity index (χ3v) is 3.18. The summed E-state index contributed by atoms with van der Waals surface area (Å²) in [6.07, 6.45) is 5.27. The van der Waals surface area contributed by atoms with Crippen molar-refractivity contribution in [1.29, 1.82) is 0 Å². The van der Waals surface area contributed by atoms with Crippen LogP contribution in [0.25, 0.3) is 0 Å². The molecule has 6 heteroatoms. The molecule has 0 bridgehead atoms. The summed E-state index contributed by atoms with van der Waals surface area (Å²) in [5, 5.41) is 13.9. The Kier molecular flexibility index (Phi) is 7.67. The zero-order valence-corrected chi connectivity index (χ0v) is 12.7. The van der Waals surface area contributed by atoms with Crippen LogP contribution in [0, 0.1) is 0 Å². The molecule has 0 fully saturated rings. The van der Waals surface area contributed by atoms with Crippen molar-refractivity contribution in [3.05, 3.63) is 29.8 Å². The fourth-order valence-electron chi connectivity index (χ4n) is 1.97. The predicted molar refractivity (Wildman–Crippen MR) is 83.8 cm³/mol. The van der Waals surface area contributed by atoms with Crippen molar-refractivity contribution < 1.29 is 19.5 Å². The number of carboxylic acid groups (broad SMARTS) is 1. The highest BCUT2D eigenvalue weighted by Gasteiger charge is 2.16. The number of amides is 2. The van der Waals surface area contributed by atoms with Gasteiger partial charge in [-0.25, -0.2) is 4.79 Å². The van der Waals surface area contributed by atoms with Gasteiger partial charge in [0.05, 0.1) is 11.3 Å². The van der Waals surface area contributed by atoms with Crippen molar-refractivity contribution in [3.63, 3.8) is 0 Å². The molecule has 0 aliphatic heterocycles. The maximum Gasteiger partial charge on any atom is 0.337 e. The largest absolute Gasteiger partial charge is 0.478 e. The highest BCUT2D eigenvalue weighted by molar-refractivity contribution is 6.39. The molecule has 0 aliphatic rings. The average Bonchev–Trinajstić information content (AvgIpc) is 2.50. The minimum atomic E-state index is -1.16. The van der Waals surface area contributed by atoms with Crippen LogP contribution in [0.4, 0.5) is 5.69 Å². The monoisotopic (exact) mass is 306 g/mol. The van der Waals surface area contributed by atoms with Crippen LogP contribution in [0.5, 0.6) is 0 Å². The lowest BCUT2D eigenvalue weighted by molar-refractivity contribution is -0.136. The molecule has 1 rings (SSSR count). The van der Waals surface area contributed by atoms with Crippen molar-refractivity contribution in [1.82, 2.24) is 5.32 Å². The van der Waals surface area contributed by atoms with Crippen molar-refractivity contribution >= 4 is 23.5 Å². The summed E-state index contributed by atoms with van der Waals surface area (Å²) in [6, 6.07) is 5.95. The second-order valence-corrected chi connectivity index (χ2v) is 4.97.